The monoisotopic (exact) mass is 688 g/mol. The Morgan fingerprint density at radius 3 is 0.774 bits per heavy atom. The van der Waals surface area contributed by atoms with Crippen LogP contribution in [-0.4, -0.2) is 45.5 Å². The predicted molar refractivity (Wildman–Crippen MR) is 159 cm³/mol. The number of hydrogen-bond acceptors (Lipinski definition) is 2. The van der Waals surface area contributed by atoms with Crippen molar-refractivity contribution in [2.45, 2.75) is 152 Å². The van der Waals surface area contributed by atoms with Gasteiger partial charge in [-0.3, -0.25) is 0 Å². The fourth-order valence-corrected chi connectivity index (χ4v) is 51.8. The van der Waals surface area contributed by atoms with Gasteiger partial charge < -0.3 is 0 Å². The van der Waals surface area contributed by atoms with Gasteiger partial charge in [0.05, 0.1) is 0 Å². The summed E-state index contributed by atoms with van der Waals surface area (Å²) in [4.78, 5) is 0. The number of hydrogen-bond donors (Lipinski definition) is 0. The van der Waals surface area contributed by atoms with Crippen molar-refractivity contribution >= 4 is 51.9 Å². The van der Waals surface area contributed by atoms with Crippen LogP contribution in [0.5, 0.6) is 0 Å². The molecule has 0 unspecified atom stereocenters. The second kappa shape index (κ2) is 22.7. The van der Waals surface area contributed by atoms with Crippen molar-refractivity contribution in [1.82, 2.24) is 0 Å². The molecule has 0 N–H and O–H groups in total. The molecule has 0 aromatic carbocycles. The molecular formula is C27H60S2Sn2. The van der Waals surface area contributed by atoms with E-state index >= 15 is 0 Å². The maximum atomic E-state index is 2.61. The normalized spacial score (nSPS) is 12.6. The van der Waals surface area contributed by atoms with Crippen LogP contribution in [0.15, 0.2) is 0 Å². The van der Waals surface area contributed by atoms with Crippen LogP contribution in [-0.2, 0) is 0 Å². The molecule has 0 aromatic rings. The molecule has 0 heterocycles. The quantitative estimate of drug-likeness (QED) is 0.0732. The average molecular weight is 686 g/mol. The van der Waals surface area contributed by atoms with Gasteiger partial charge in [-0.25, -0.2) is 0 Å². The zero-order chi connectivity index (χ0) is 23.3. The zero-order valence-corrected chi connectivity index (χ0v) is 30.0. The Balaban J connectivity index is 4.86. The molecular weight excluding hydrogens is 626 g/mol. The second-order valence-electron chi connectivity index (χ2n) is 10.0. The van der Waals surface area contributed by atoms with Crippen LogP contribution in [0.3, 0.4) is 0 Å². The van der Waals surface area contributed by atoms with Gasteiger partial charge in [0, 0.05) is 0 Å². The van der Waals surface area contributed by atoms with Gasteiger partial charge in [0.1, 0.15) is 0 Å². The number of unbranched alkanes of at least 4 members (excludes halogenated alkanes) is 6. The first-order chi connectivity index (χ1) is 15.1. The van der Waals surface area contributed by atoms with Gasteiger partial charge in [-0.2, -0.15) is 0 Å². The fourth-order valence-electron chi connectivity index (χ4n) is 4.81. The van der Waals surface area contributed by atoms with Gasteiger partial charge in [-0.1, -0.05) is 0 Å². The van der Waals surface area contributed by atoms with Crippen molar-refractivity contribution in [3.63, 3.8) is 0 Å². The molecule has 0 bridgehead atoms. The molecule has 0 amide bonds. The van der Waals surface area contributed by atoms with E-state index in [-0.39, 0.29) is 0 Å². The van der Waals surface area contributed by atoms with Gasteiger partial charge in [0.25, 0.3) is 0 Å². The van der Waals surface area contributed by atoms with Gasteiger partial charge in [-0.15, -0.1) is 0 Å². The van der Waals surface area contributed by atoms with Gasteiger partial charge >= 0.3 is 215 Å². The molecule has 0 radical (unpaired) electrons. The summed E-state index contributed by atoms with van der Waals surface area (Å²) in [7, 11) is 5.23. The minimum absolute atomic E-state index is 1.41. The SMILES string of the molecule is CCC[CH2][Sn]([CH2]CCC)([CH2]CCC)[S]CCC[S][Sn]([CH2]CCC)([CH2]CCC)[CH2]CCC. The summed E-state index contributed by atoms with van der Waals surface area (Å²) in [5, 5.41) is 0. The molecule has 31 heavy (non-hydrogen) atoms. The van der Waals surface area contributed by atoms with Crippen molar-refractivity contribution in [2.24, 2.45) is 0 Å². The van der Waals surface area contributed by atoms with Crippen LogP contribution in [0, 0.1) is 0 Å². The molecule has 0 aliphatic rings. The fraction of sp³-hybridized carbons (Fsp3) is 1.00. The summed E-state index contributed by atoms with van der Waals surface area (Å²) in [6, 6.07) is 0. The molecule has 0 atom stereocenters. The summed E-state index contributed by atoms with van der Waals surface area (Å²) in [6.07, 6.45) is 19.1. The van der Waals surface area contributed by atoms with E-state index in [9.17, 15) is 0 Å². The Morgan fingerprint density at radius 2 is 0.581 bits per heavy atom. The van der Waals surface area contributed by atoms with Crippen molar-refractivity contribution in [2.75, 3.05) is 11.5 Å². The third-order valence-corrected chi connectivity index (χ3v) is 53.1. The van der Waals surface area contributed by atoms with Crippen LogP contribution < -0.4 is 0 Å². The van der Waals surface area contributed by atoms with E-state index in [4.69, 9.17) is 0 Å². The van der Waals surface area contributed by atoms with E-state index < -0.39 is 34.0 Å². The van der Waals surface area contributed by atoms with E-state index in [1.807, 2.05) is 0 Å². The van der Waals surface area contributed by atoms with Crippen LogP contribution in [0.4, 0.5) is 0 Å². The van der Waals surface area contributed by atoms with Crippen molar-refractivity contribution < 1.29 is 0 Å². The molecule has 0 aliphatic carbocycles. The summed E-state index contributed by atoms with van der Waals surface area (Å²) >= 11 is -3.92. The van der Waals surface area contributed by atoms with Gasteiger partial charge in [-0.05, 0) is 0 Å². The summed E-state index contributed by atoms with van der Waals surface area (Å²) in [6.45, 7) is 14.5. The molecule has 0 nitrogen and oxygen atoms in total. The molecule has 0 rings (SSSR count). The first-order valence-electron chi connectivity index (χ1n) is 14.3. The number of rotatable bonds is 24. The second-order valence-corrected chi connectivity index (χ2v) is 50.1. The molecule has 0 fully saturated rings. The molecule has 4 heteroatoms. The Morgan fingerprint density at radius 1 is 0.355 bits per heavy atom. The molecule has 188 valence electrons. The van der Waals surface area contributed by atoms with E-state index in [0.717, 1.165) is 0 Å². The van der Waals surface area contributed by atoms with E-state index in [0.29, 0.717) is 0 Å². The zero-order valence-electron chi connectivity index (χ0n) is 22.7. The molecule has 0 aromatic heterocycles. The van der Waals surface area contributed by atoms with Crippen LogP contribution in [0.25, 0.3) is 0 Å². The van der Waals surface area contributed by atoms with E-state index in [2.05, 4.69) is 59.4 Å². The van der Waals surface area contributed by atoms with Crippen LogP contribution in [0.2, 0.25) is 26.6 Å². The van der Waals surface area contributed by atoms with Crippen molar-refractivity contribution in [3.8, 4) is 0 Å². The molecule has 0 saturated carbocycles. The van der Waals surface area contributed by atoms with Crippen LogP contribution in [0.1, 0.15) is 125 Å². The van der Waals surface area contributed by atoms with E-state index in [1.165, 1.54) is 95.0 Å². The molecule has 0 spiro atoms. The summed E-state index contributed by atoms with van der Waals surface area (Å²) in [5.41, 5.74) is 0. The molecule has 0 saturated heterocycles. The topological polar surface area (TPSA) is 0 Å². The average Bonchev–Trinajstić information content (AvgIpc) is 2.80. The summed E-state index contributed by atoms with van der Waals surface area (Å²) < 4.78 is 10.1. The minimum atomic E-state index is -1.96. The van der Waals surface area contributed by atoms with Gasteiger partial charge in [0.2, 0.25) is 0 Å². The van der Waals surface area contributed by atoms with Crippen molar-refractivity contribution in [1.29, 1.82) is 0 Å². The first kappa shape index (κ1) is 33.3. The Bertz CT molecular complexity index is 299. The van der Waals surface area contributed by atoms with Crippen LogP contribution >= 0.6 is 17.9 Å². The third kappa shape index (κ3) is 16.6. The Kier molecular flexibility index (Phi) is 24.4. The standard InChI is InChI=1S/6C4H9.C3H8S2.2Sn/c6*1-3-4-2;4-2-1-3-5;;/h6*1,3-4H2,2H3;4-5H,1-3H2;;/q;;;;;;;2*+1/p-2. The Labute approximate surface area is 213 Å². The molecule has 0 aliphatic heterocycles. The Hall–Kier alpha value is 2.30. The first-order valence-corrected chi connectivity index (χ1v) is 35.4. The van der Waals surface area contributed by atoms with E-state index in [1.54, 1.807) is 26.6 Å². The van der Waals surface area contributed by atoms with Gasteiger partial charge in [0.15, 0.2) is 0 Å². The third-order valence-electron chi connectivity index (χ3n) is 7.02. The van der Waals surface area contributed by atoms with Crippen molar-refractivity contribution in [3.05, 3.63) is 0 Å². The maximum absolute atomic E-state index is 2.61. The predicted octanol–water partition coefficient (Wildman–Crippen LogP) is 11.5. The summed E-state index contributed by atoms with van der Waals surface area (Å²) in [5.74, 6) is 3.02.